The Morgan fingerprint density at radius 1 is 1.22 bits per heavy atom. The summed E-state index contributed by atoms with van der Waals surface area (Å²) in [5, 5.41) is 5.77. The minimum Gasteiger partial charge on any atom is -0.497 e. The van der Waals surface area contributed by atoms with Crippen LogP contribution in [0.1, 0.15) is 34.5 Å². The van der Waals surface area contributed by atoms with Gasteiger partial charge in [0.05, 0.1) is 18.2 Å². The fourth-order valence-electron chi connectivity index (χ4n) is 1.89. The van der Waals surface area contributed by atoms with Crippen LogP contribution in [0.25, 0.3) is 0 Å². The number of methoxy groups -OCH3 is 1. The van der Waals surface area contributed by atoms with Crippen molar-refractivity contribution in [3.05, 3.63) is 52.2 Å². The van der Waals surface area contributed by atoms with Crippen LogP contribution in [0.5, 0.6) is 5.75 Å². The highest BCUT2D eigenvalue weighted by molar-refractivity contribution is 7.12. The molecule has 1 heterocycles. The Labute approximate surface area is 139 Å². The van der Waals surface area contributed by atoms with Gasteiger partial charge in [-0.1, -0.05) is 6.07 Å². The fraction of sp³-hybridized carbons (Fsp3) is 0.235. The third-order valence-corrected chi connectivity index (χ3v) is 4.03. The van der Waals surface area contributed by atoms with E-state index in [1.807, 2.05) is 35.7 Å². The molecule has 1 N–H and O–H groups in total. The summed E-state index contributed by atoms with van der Waals surface area (Å²) in [5.74, 6) is 0.643. The molecule has 2 aromatic rings. The molecule has 0 fully saturated rings. The summed E-state index contributed by atoms with van der Waals surface area (Å²) >= 11 is 1.42. The minimum atomic E-state index is -0.200. The molecule has 0 unspecified atom stereocenters. The first-order chi connectivity index (χ1) is 11.2. The maximum atomic E-state index is 11.8. The Morgan fingerprint density at radius 3 is 2.65 bits per heavy atom. The zero-order valence-corrected chi connectivity index (χ0v) is 13.6. The lowest BCUT2D eigenvalue weighted by Crippen LogP contribution is -2.17. The van der Waals surface area contributed by atoms with Gasteiger partial charge in [0.1, 0.15) is 5.75 Å². The normalized spacial score (nSPS) is 10.7. The van der Waals surface area contributed by atoms with E-state index in [0.29, 0.717) is 12.8 Å². The van der Waals surface area contributed by atoms with Gasteiger partial charge in [-0.25, -0.2) is 5.43 Å². The molecule has 0 spiro atoms. The van der Waals surface area contributed by atoms with Crippen molar-refractivity contribution in [1.29, 1.82) is 0 Å². The van der Waals surface area contributed by atoms with Gasteiger partial charge in [0.25, 0.3) is 0 Å². The van der Waals surface area contributed by atoms with E-state index in [-0.39, 0.29) is 18.1 Å². The Kier molecular flexibility index (Phi) is 6.50. The largest absolute Gasteiger partial charge is 0.497 e. The second kappa shape index (κ2) is 8.85. The first-order valence-corrected chi connectivity index (χ1v) is 8.09. The minimum absolute atomic E-state index is 0.0783. The Morgan fingerprint density at radius 2 is 2.00 bits per heavy atom. The molecule has 120 valence electrons. The first kappa shape index (κ1) is 16.9. The molecule has 23 heavy (non-hydrogen) atoms. The second-order valence-electron chi connectivity index (χ2n) is 4.82. The number of amides is 1. The molecule has 6 heteroatoms. The molecule has 1 aromatic carbocycles. The highest BCUT2D eigenvalue weighted by atomic mass is 32.1. The monoisotopic (exact) mass is 330 g/mol. The number of nitrogens with zero attached hydrogens (tertiary/aromatic N) is 1. The van der Waals surface area contributed by atoms with E-state index in [1.165, 1.54) is 11.3 Å². The number of carbonyl (C=O) groups excluding carboxylic acids is 2. The van der Waals surface area contributed by atoms with Crippen LogP contribution in [0.15, 0.2) is 46.9 Å². The average molecular weight is 330 g/mol. The van der Waals surface area contributed by atoms with Crippen molar-refractivity contribution in [1.82, 2.24) is 5.43 Å². The molecule has 1 aromatic heterocycles. The maximum Gasteiger partial charge on any atom is 0.240 e. The summed E-state index contributed by atoms with van der Waals surface area (Å²) in [6, 6.07) is 11.0. The number of hydrogen-bond acceptors (Lipinski definition) is 5. The van der Waals surface area contributed by atoms with Crippen molar-refractivity contribution in [2.45, 2.75) is 19.3 Å². The van der Waals surface area contributed by atoms with Crippen LogP contribution in [-0.2, 0) is 4.79 Å². The molecule has 0 saturated heterocycles. The van der Waals surface area contributed by atoms with E-state index in [2.05, 4.69) is 10.5 Å². The van der Waals surface area contributed by atoms with Gasteiger partial charge < -0.3 is 4.74 Å². The average Bonchev–Trinajstić information content (AvgIpc) is 3.10. The Balaban J connectivity index is 1.68. The van der Waals surface area contributed by atoms with Gasteiger partial charge in [-0.2, -0.15) is 5.10 Å². The summed E-state index contributed by atoms with van der Waals surface area (Å²) in [5.41, 5.74) is 3.32. The lowest BCUT2D eigenvalue weighted by molar-refractivity contribution is -0.121. The van der Waals surface area contributed by atoms with Crippen molar-refractivity contribution in [3.8, 4) is 5.75 Å². The Bertz CT molecular complexity index is 664. The quantitative estimate of drug-likeness (QED) is 0.459. The molecule has 0 aliphatic rings. The lowest BCUT2D eigenvalue weighted by Gasteiger charge is -2.00. The topological polar surface area (TPSA) is 67.8 Å². The van der Waals surface area contributed by atoms with E-state index in [0.717, 1.165) is 16.2 Å². The van der Waals surface area contributed by atoms with Gasteiger partial charge in [0.15, 0.2) is 5.78 Å². The molecular formula is C17H18N2O3S. The third kappa shape index (κ3) is 5.67. The number of hydrogen-bond donors (Lipinski definition) is 1. The van der Waals surface area contributed by atoms with Crippen LogP contribution in [0.2, 0.25) is 0 Å². The standard InChI is InChI=1S/C17H18N2O3S/c1-22-14-9-7-13(8-10-14)12-18-19-17(21)6-2-4-15(20)16-5-3-11-23-16/h3,5,7-12H,2,4,6H2,1H3,(H,19,21). The number of hydrazone groups is 1. The van der Waals surface area contributed by atoms with E-state index < -0.39 is 0 Å². The molecule has 2 rings (SSSR count). The number of ketones is 1. The van der Waals surface area contributed by atoms with E-state index in [1.54, 1.807) is 19.4 Å². The summed E-state index contributed by atoms with van der Waals surface area (Å²) in [7, 11) is 1.60. The number of benzene rings is 1. The van der Waals surface area contributed by atoms with Crippen LogP contribution >= 0.6 is 11.3 Å². The van der Waals surface area contributed by atoms with Crippen LogP contribution in [0, 0.1) is 0 Å². The molecule has 0 saturated carbocycles. The molecule has 0 aliphatic heterocycles. The zero-order valence-electron chi connectivity index (χ0n) is 12.8. The fourth-order valence-corrected chi connectivity index (χ4v) is 2.59. The summed E-state index contributed by atoms with van der Waals surface area (Å²) in [6.07, 6.45) is 2.72. The predicted octanol–water partition coefficient (Wildman–Crippen LogP) is 3.26. The zero-order chi connectivity index (χ0) is 16.5. The molecule has 0 bridgehead atoms. The van der Waals surface area contributed by atoms with Crippen molar-refractivity contribution in [3.63, 3.8) is 0 Å². The number of rotatable bonds is 8. The molecule has 0 aliphatic carbocycles. The van der Waals surface area contributed by atoms with E-state index >= 15 is 0 Å². The van der Waals surface area contributed by atoms with Crippen molar-refractivity contribution < 1.29 is 14.3 Å². The summed E-state index contributed by atoms with van der Waals surface area (Å²) in [4.78, 5) is 24.2. The first-order valence-electron chi connectivity index (χ1n) is 7.21. The van der Waals surface area contributed by atoms with Crippen LogP contribution in [0.3, 0.4) is 0 Å². The van der Waals surface area contributed by atoms with E-state index in [4.69, 9.17) is 4.74 Å². The summed E-state index contributed by atoms with van der Waals surface area (Å²) < 4.78 is 5.06. The predicted molar refractivity (Wildman–Crippen MR) is 91.2 cm³/mol. The number of ether oxygens (including phenoxy) is 1. The van der Waals surface area contributed by atoms with E-state index in [9.17, 15) is 9.59 Å². The number of nitrogens with one attached hydrogen (secondary N) is 1. The van der Waals surface area contributed by atoms with Crippen molar-refractivity contribution in [2.24, 2.45) is 5.10 Å². The van der Waals surface area contributed by atoms with Gasteiger partial charge in [-0.15, -0.1) is 11.3 Å². The smallest absolute Gasteiger partial charge is 0.240 e. The second-order valence-corrected chi connectivity index (χ2v) is 5.77. The number of thiophene rings is 1. The van der Waals surface area contributed by atoms with Gasteiger partial charge >= 0.3 is 0 Å². The lowest BCUT2D eigenvalue weighted by atomic mass is 10.1. The van der Waals surface area contributed by atoms with Gasteiger partial charge in [0.2, 0.25) is 5.91 Å². The van der Waals surface area contributed by atoms with Gasteiger partial charge in [0, 0.05) is 12.8 Å². The Hall–Kier alpha value is -2.47. The van der Waals surface area contributed by atoms with Crippen LogP contribution in [-0.4, -0.2) is 25.0 Å². The molecule has 0 radical (unpaired) electrons. The van der Waals surface area contributed by atoms with Crippen molar-refractivity contribution >= 4 is 29.2 Å². The van der Waals surface area contributed by atoms with Crippen molar-refractivity contribution in [2.75, 3.05) is 7.11 Å². The highest BCUT2D eigenvalue weighted by Crippen LogP contribution is 2.13. The molecule has 0 atom stereocenters. The number of Topliss-reactive ketones (excluding diaryl/α,β-unsaturated/α-hetero) is 1. The molecular weight excluding hydrogens is 312 g/mol. The van der Waals surface area contributed by atoms with Crippen LogP contribution < -0.4 is 10.2 Å². The van der Waals surface area contributed by atoms with Gasteiger partial charge in [-0.05, 0) is 47.7 Å². The SMILES string of the molecule is COc1ccc(C=NNC(=O)CCCC(=O)c2cccs2)cc1. The third-order valence-electron chi connectivity index (χ3n) is 3.12. The summed E-state index contributed by atoms with van der Waals surface area (Å²) in [6.45, 7) is 0. The highest BCUT2D eigenvalue weighted by Gasteiger charge is 2.07. The van der Waals surface area contributed by atoms with Gasteiger partial charge in [-0.3, -0.25) is 9.59 Å². The maximum absolute atomic E-state index is 11.8. The van der Waals surface area contributed by atoms with Crippen LogP contribution in [0.4, 0.5) is 0 Å². The molecule has 1 amide bonds. The molecule has 5 nitrogen and oxygen atoms in total. The number of carbonyl (C=O) groups is 2.